The van der Waals surface area contributed by atoms with Crippen LogP contribution in [0.4, 0.5) is 0 Å². The lowest BCUT2D eigenvalue weighted by Crippen LogP contribution is -2.46. The van der Waals surface area contributed by atoms with Gasteiger partial charge in [-0.15, -0.1) is 24.8 Å². The number of hydrogen-bond acceptors (Lipinski definition) is 5. The molecule has 1 fully saturated rings. The number of halogens is 2. The van der Waals surface area contributed by atoms with Crippen molar-refractivity contribution in [2.75, 3.05) is 39.3 Å². The van der Waals surface area contributed by atoms with E-state index < -0.39 is 10.0 Å². The molecule has 2 N–H and O–H groups in total. The maximum Gasteiger partial charge on any atom is 0.240 e. The van der Waals surface area contributed by atoms with E-state index in [1.165, 1.54) is 6.07 Å². The van der Waals surface area contributed by atoms with Gasteiger partial charge < -0.3 is 5.32 Å². The molecule has 6 nitrogen and oxygen atoms in total. The molecule has 0 radical (unpaired) electrons. The molecule has 0 bridgehead atoms. The van der Waals surface area contributed by atoms with Crippen LogP contribution in [0.5, 0.6) is 0 Å². The summed E-state index contributed by atoms with van der Waals surface area (Å²) in [6.45, 7) is 6.55. The lowest BCUT2D eigenvalue weighted by molar-refractivity contribution is 0.245. The third kappa shape index (κ3) is 6.26. The Bertz CT molecular complexity index is 641. The maximum atomic E-state index is 12.3. The van der Waals surface area contributed by atoms with Gasteiger partial charge in [0.15, 0.2) is 0 Å². The van der Waals surface area contributed by atoms with Gasteiger partial charge in [0.2, 0.25) is 10.0 Å². The first-order chi connectivity index (χ1) is 10.0. The molecule has 1 saturated heterocycles. The van der Waals surface area contributed by atoms with E-state index in [9.17, 15) is 8.42 Å². The molecule has 0 amide bonds. The van der Waals surface area contributed by atoms with Gasteiger partial charge in [-0.05, 0) is 24.6 Å². The zero-order valence-corrected chi connectivity index (χ0v) is 15.4. The normalized spacial score (nSPS) is 15.1. The third-order valence-corrected chi connectivity index (χ3v) is 5.14. The highest BCUT2D eigenvalue weighted by atomic mass is 35.5. The summed E-state index contributed by atoms with van der Waals surface area (Å²) in [7, 11) is -3.57. The van der Waals surface area contributed by atoms with Crippen LogP contribution >= 0.6 is 24.8 Å². The summed E-state index contributed by atoms with van der Waals surface area (Å²) in [5, 5.41) is 12.1. The van der Waals surface area contributed by atoms with Crippen LogP contribution in [0.3, 0.4) is 0 Å². The molecule has 1 aliphatic heterocycles. The molecule has 1 aromatic carbocycles. The Morgan fingerprint density at radius 3 is 2.57 bits per heavy atom. The zero-order valence-electron chi connectivity index (χ0n) is 12.9. The van der Waals surface area contributed by atoms with Gasteiger partial charge in [0.05, 0.1) is 16.5 Å². The molecular formula is C14H22Cl2N4O2S. The standard InChI is InChI=1S/C14H20N4O2S.2ClH/c1-12-2-3-13(11-15)10-14(12)21(19,20)17-6-9-18-7-4-16-5-8-18;;/h2-3,10,16-17H,4-9H2,1H3;2*1H. The van der Waals surface area contributed by atoms with Crippen molar-refractivity contribution < 1.29 is 8.42 Å². The minimum absolute atomic E-state index is 0. The van der Waals surface area contributed by atoms with Crippen LogP contribution < -0.4 is 10.0 Å². The molecule has 0 spiro atoms. The molecule has 0 aromatic heterocycles. The van der Waals surface area contributed by atoms with E-state index in [1.807, 2.05) is 6.07 Å². The first kappa shape index (κ1) is 22.1. The van der Waals surface area contributed by atoms with E-state index in [0.29, 0.717) is 24.2 Å². The first-order valence-corrected chi connectivity index (χ1v) is 8.45. The smallest absolute Gasteiger partial charge is 0.240 e. The number of piperazine rings is 1. The van der Waals surface area contributed by atoms with Crippen molar-refractivity contribution in [1.29, 1.82) is 5.26 Å². The Balaban J connectivity index is 0.00000242. The molecule has 1 aromatic rings. The average Bonchev–Trinajstić information content (AvgIpc) is 2.48. The van der Waals surface area contributed by atoms with Crippen molar-refractivity contribution in [2.45, 2.75) is 11.8 Å². The number of hydrogen-bond donors (Lipinski definition) is 2. The third-order valence-electron chi connectivity index (χ3n) is 3.54. The summed E-state index contributed by atoms with van der Waals surface area (Å²) < 4.78 is 27.2. The van der Waals surface area contributed by atoms with Crippen molar-refractivity contribution in [3.05, 3.63) is 29.3 Å². The summed E-state index contributed by atoms with van der Waals surface area (Å²) in [6, 6.07) is 6.66. The van der Waals surface area contributed by atoms with Crippen LogP contribution in [-0.4, -0.2) is 52.6 Å². The summed E-state index contributed by atoms with van der Waals surface area (Å²) >= 11 is 0. The fraction of sp³-hybridized carbons (Fsp3) is 0.500. The van der Waals surface area contributed by atoms with Crippen LogP contribution in [0.1, 0.15) is 11.1 Å². The minimum Gasteiger partial charge on any atom is -0.314 e. The molecule has 2 rings (SSSR count). The number of nitrogens with one attached hydrogen (secondary N) is 2. The van der Waals surface area contributed by atoms with Crippen molar-refractivity contribution in [3.8, 4) is 6.07 Å². The van der Waals surface area contributed by atoms with Gasteiger partial charge in [-0.25, -0.2) is 13.1 Å². The lowest BCUT2D eigenvalue weighted by Gasteiger charge is -2.27. The average molecular weight is 381 g/mol. The molecule has 1 heterocycles. The highest BCUT2D eigenvalue weighted by Gasteiger charge is 2.18. The Kier molecular flexibility index (Phi) is 9.70. The Morgan fingerprint density at radius 1 is 1.30 bits per heavy atom. The van der Waals surface area contributed by atoms with E-state index in [0.717, 1.165) is 26.2 Å². The highest BCUT2D eigenvalue weighted by molar-refractivity contribution is 7.89. The monoisotopic (exact) mass is 380 g/mol. The number of aryl methyl sites for hydroxylation is 1. The van der Waals surface area contributed by atoms with Crippen molar-refractivity contribution >= 4 is 34.8 Å². The van der Waals surface area contributed by atoms with E-state index in [1.54, 1.807) is 19.1 Å². The van der Waals surface area contributed by atoms with Gasteiger partial charge in [0.25, 0.3) is 0 Å². The van der Waals surface area contributed by atoms with Crippen molar-refractivity contribution in [3.63, 3.8) is 0 Å². The largest absolute Gasteiger partial charge is 0.314 e. The number of rotatable bonds is 5. The number of nitrogens with zero attached hydrogens (tertiary/aromatic N) is 2. The SMILES string of the molecule is Cc1ccc(C#N)cc1S(=O)(=O)NCCN1CCNCC1.Cl.Cl. The maximum absolute atomic E-state index is 12.3. The van der Waals surface area contributed by atoms with Crippen molar-refractivity contribution in [1.82, 2.24) is 14.9 Å². The molecular weight excluding hydrogens is 359 g/mol. The fourth-order valence-electron chi connectivity index (χ4n) is 2.31. The molecule has 0 saturated carbocycles. The Hall–Kier alpha value is -0.880. The molecule has 130 valence electrons. The lowest BCUT2D eigenvalue weighted by atomic mass is 10.2. The Labute approximate surface area is 150 Å². The second-order valence-corrected chi connectivity index (χ2v) is 6.82. The summed E-state index contributed by atoms with van der Waals surface area (Å²) in [4.78, 5) is 2.40. The molecule has 1 aliphatic rings. The van der Waals surface area contributed by atoms with E-state index in [4.69, 9.17) is 5.26 Å². The second-order valence-electron chi connectivity index (χ2n) is 5.08. The molecule has 23 heavy (non-hydrogen) atoms. The van der Waals surface area contributed by atoms with E-state index >= 15 is 0 Å². The van der Waals surface area contributed by atoms with Crippen LogP contribution in [-0.2, 0) is 10.0 Å². The van der Waals surface area contributed by atoms with Gasteiger partial charge >= 0.3 is 0 Å². The summed E-state index contributed by atoms with van der Waals surface area (Å²) in [6.07, 6.45) is 0. The van der Waals surface area contributed by atoms with Crippen LogP contribution in [0.25, 0.3) is 0 Å². The van der Waals surface area contributed by atoms with E-state index in [-0.39, 0.29) is 29.7 Å². The van der Waals surface area contributed by atoms with E-state index in [2.05, 4.69) is 14.9 Å². The van der Waals surface area contributed by atoms with Gasteiger partial charge in [-0.2, -0.15) is 5.26 Å². The van der Waals surface area contributed by atoms with Crippen LogP contribution in [0.2, 0.25) is 0 Å². The summed E-state index contributed by atoms with van der Waals surface area (Å²) in [5.74, 6) is 0. The fourth-order valence-corrected chi connectivity index (χ4v) is 3.60. The molecule has 0 atom stereocenters. The summed E-state index contributed by atoms with van der Waals surface area (Å²) in [5.41, 5.74) is 0.992. The van der Waals surface area contributed by atoms with Gasteiger partial charge in [0.1, 0.15) is 0 Å². The highest BCUT2D eigenvalue weighted by Crippen LogP contribution is 2.16. The second kappa shape index (κ2) is 10.1. The molecule has 0 unspecified atom stereocenters. The van der Waals surface area contributed by atoms with Gasteiger partial charge in [-0.1, -0.05) is 6.07 Å². The van der Waals surface area contributed by atoms with Gasteiger partial charge in [-0.3, -0.25) is 4.90 Å². The van der Waals surface area contributed by atoms with Crippen LogP contribution in [0, 0.1) is 18.3 Å². The predicted octanol–water partition coefficient (Wildman–Crippen LogP) is 0.894. The molecule has 0 aliphatic carbocycles. The van der Waals surface area contributed by atoms with Gasteiger partial charge in [0, 0.05) is 39.3 Å². The quantitative estimate of drug-likeness (QED) is 0.792. The molecule has 9 heteroatoms. The Morgan fingerprint density at radius 2 is 1.96 bits per heavy atom. The van der Waals surface area contributed by atoms with Crippen molar-refractivity contribution in [2.24, 2.45) is 0 Å². The number of nitriles is 1. The predicted molar refractivity (Wildman–Crippen MR) is 94.9 cm³/mol. The van der Waals surface area contributed by atoms with Crippen LogP contribution in [0.15, 0.2) is 23.1 Å². The topological polar surface area (TPSA) is 85.2 Å². The minimum atomic E-state index is -3.57. The number of benzene rings is 1. The first-order valence-electron chi connectivity index (χ1n) is 6.96. The number of sulfonamides is 1. The zero-order chi connectivity index (χ0) is 15.3.